The molecule has 0 unspecified atom stereocenters. The number of esters is 1. The normalized spacial score (nSPS) is 11.5. The minimum atomic E-state index is -0.698. The van der Waals surface area contributed by atoms with Gasteiger partial charge >= 0.3 is 5.97 Å². The number of thioether (sulfide) groups is 1. The quantitative estimate of drug-likeness (QED) is 0.477. The maximum Gasteiger partial charge on any atom is 0.338 e. The van der Waals surface area contributed by atoms with Crippen LogP contribution >= 0.6 is 23.1 Å². The first-order valence-corrected chi connectivity index (χ1v) is 10.6. The Hall–Kier alpha value is -2.39. The van der Waals surface area contributed by atoms with Crippen molar-refractivity contribution in [1.82, 2.24) is 15.6 Å². The number of hydrogen-bond donors (Lipinski definition) is 2. The molecule has 1 heterocycles. The molecule has 1 aromatic heterocycles. The zero-order valence-corrected chi connectivity index (χ0v) is 17.6. The van der Waals surface area contributed by atoms with Gasteiger partial charge < -0.3 is 15.4 Å². The number of rotatable bonds is 9. The number of thiazole rings is 1. The first-order chi connectivity index (χ1) is 13.4. The predicted octanol–water partition coefficient (Wildman–Crippen LogP) is 2.54. The number of ether oxygens (including phenoxy) is 1. The first-order valence-electron chi connectivity index (χ1n) is 8.77. The molecular formula is C19H23N3O4S2. The van der Waals surface area contributed by atoms with E-state index in [4.69, 9.17) is 4.74 Å². The standard InChI is InChI=1S/C19H23N3O4S2/c1-4-20-17(24)13(3)22-16(23)9-26-18(25)15-8-6-5-7-14(15)11-28-19-21-12(2)10-27-19/h5-8,10,13H,4,9,11H2,1-3H3,(H,20,24)(H,22,23)/t13-/m1/s1. The summed E-state index contributed by atoms with van der Waals surface area (Å²) in [7, 11) is 0. The minimum Gasteiger partial charge on any atom is -0.452 e. The van der Waals surface area contributed by atoms with E-state index in [1.54, 1.807) is 49.1 Å². The molecule has 0 aliphatic carbocycles. The third-order valence-electron chi connectivity index (χ3n) is 3.64. The van der Waals surface area contributed by atoms with Crippen LogP contribution in [0, 0.1) is 6.92 Å². The average Bonchev–Trinajstić information content (AvgIpc) is 3.10. The summed E-state index contributed by atoms with van der Waals surface area (Å²) in [5, 5.41) is 7.08. The second-order valence-electron chi connectivity index (χ2n) is 5.96. The van der Waals surface area contributed by atoms with Crippen molar-refractivity contribution in [3.8, 4) is 0 Å². The lowest BCUT2D eigenvalue weighted by atomic mass is 10.1. The summed E-state index contributed by atoms with van der Waals surface area (Å²) in [6, 6.07) is 6.41. The lowest BCUT2D eigenvalue weighted by Gasteiger charge is -2.13. The van der Waals surface area contributed by atoms with Gasteiger partial charge in [0, 0.05) is 23.4 Å². The van der Waals surface area contributed by atoms with Gasteiger partial charge in [-0.1, -0.05) is 30.0 Å². The number of nitrogens with zero attached hydrogens (tertiary/aromatic N) is 1. The largest absolute Gasteiger partial charge is 0.452 e. The number of benzene rings is 1. The van der Waals surface area contributed by atoms with Crippen molar-refractivity contribution < 1.29 is 19.1 Å². The van der Waals surface area contributed by atoms with Crippen molar-refractivity contribution in [2.45, 2.75) is 36.9 Å². The third kappa shape index (κ3) is 6.65. The molecule has 0 fully saturated rings. The molecule has 0 aliphatic rings. The molecule has 9 heteroatoms. The maximum absolute atomic E-state index is 12.4. The second kappa shape index (κ2) is 10.8. The van der Waals surface area contributed by atoms with Gasteiger partial charge in [-0.15, -0.1) is 11.3 Å². The van der Waals surface area contributed by atoms with Crippen molar-refractivity contribution >= 4 is 40.9 Å². The van der Waals surface area contributed by atoms with Gasteiger partial charge in [-0.2, -0.15) is 0 Å². The van der Waals surface area contributed by atoms with Crippen molar-refractivity contribution in [1.29, 1.82) is 0 Å². The van der Waals surface area contributed by atoms with E-state index in [9.17, 15) is 14.4 Å². The van der Waals surface area contributed by atoms with Crippen LogP contribution < -0.4 is 10.6 Å². The number of likely N-dealkylation sites (N-methyl/N-ethyl adjacent to an activating group) is 1. The van der Waals surface area contributed by atoms with Gasteiger partial charge in [-0.3, -0.25) is 9.59 Å². The first kappa shape index (κ1) is 21.9. The number of hydrogen-bond acceptors (Lipinski definition) is 7. The van der Waals surface area contributed by atoms with E-state index in [-0.39, 0.29) is 5.91 Å². The van der Waals surface area contributed by atoms with Crippen molar-refractivity contribution in [3.63, 3.8) is 0 Å². The summed E-state index contributed by atoms with van der Waals surface area (Å²) in [4.78, 5) is 40.3. The van der Waals surface area contributed by atoms with E-state index >= 15 is 0 Å². The molecule has 0 saturated heterocycles. The average molecular weight is 422 g/mol. The van der Waals surface area contributed by atoms with E-state index in [0.717, 1.165) is 15.6 Å². The van der Waals surface area contributed by atoms with Crippen molar-refractivity contribution in [3.05, 3.63) is 46.5 Å². The molecule has 2 aromatic rings. The van der Waals surface area contributed by atoms with Gasteiger partial charge in [0.25, 0.3) is 5.91 Å². The summed E-state index contributed by atoms with van der Waals surface area (Å²) in [6.45, 7) is 5.32. The Balaban J connectivity index is 1.89. The molecule has 0 radical (unpaired) electrons. The Bertz CT molecular complexity index is 838. The molecule has 2 N–H and O–H groups in total. The summed E-state index contributed by atoms with van der Waals surface area (Å²) < 4.78 is 6.05. The molecule has 2 rings (SSSR count). The molecule has 2 amide bonds. The van der Waals surface area contributed by atoms with Crippen LogP contribution in [0.3, 0.4) is 0 Å². The fourth-order valence-electron chi connectivity index (χ4n) is 2.27. The Kier molecular flexibility index (Phi) is 8.46. The lowest BCUT2D eigenvalue weighted by molar-refractivity contribution is -0.130. The SMILES string of the molecule is CCNC(=O)[C@@H](C)NC(=O)COC(=O)c1ccccc1CSc1nc(C)cs1. The van der Waals surface area contributed by atoms with Crippen LogP contribution in [0.5, 0.6) is 0 Å². The highest BCUT2D eigenvalue weighted by atomic mass is 32.2. The van der Waals surface area contributed by atoms with Gasteiger partial charge in [0.2, 0.25) is 5.91 Å². The van der Waals surface area contributed by atoms with Crippen LogP contribution in [-0.2, 0) is 20.1 Å². The molecule has 7 nitrogen and oxygen atoms in total. The van der Waals surface area contributed by atoms with Crippen molar-refractivity contribution in [2.75, 3.05) is 13.2 Å². The lowest BCUT2D eigenvalue weighted by Crippen LogP contribution is -2.46. The summed E-state index contributed by atoms with van der Waals surface area (Å²) >= 11 is 3.10. The van der Waals surface area contributed by atoms with Gasteiger partial charge in [0.15, 0.2) is 6.61 Å². The minimum absolute atomic E-state index is 0.290. The van der Waals surface area contributed by atoms with Crippen LogP contribution in [0.25, 0.3) is 0 Å². The van der Waals surface area contributed by atoms with Crippen LogP contribution in [-0.4, -0.2) is 42.0 Å². The smallest absolute Gasteiger partial charge is 0.338 e. The van der Waals surface area contributed by atoms with Gasteiger partial charge in [0.05, 0.1) is 5.56 Å². The van der Waals surface area contributed by atoms with Crippen LogP contribution in [0.2, 0.25) is 0 Å². The Morgan fingerprint density at radius 1 is 1.29 bits per heavy atom. The second-order valence-corrected chi connectivity index (χ2v) is 8.04. The van der Waals surface area contributed by atoms with Gasteiger partial charge in [-0.25, -0.2) is 9.78 Å². The molecule has 0 aliphatic heterocycles. The van der Waals surface area contributed by atoms with Gasteiger partial charge in [0.1, 0.15) is 10.4 Å². The van der Waals surface area contributed by atoms with E-state index in [2.05, 4.69) is 15.6 Å². The molecule has 0 saturated carbocycles. The fraction of sp³-hybridized carbons (Fsp3) is 0.368. The van der Waals surface area contributed by atoms with E-state index in [1.807, 2.05) is 24.4 Å². The fourth-order valence-corrected chi connectivity index (χ4v) is 4.12. The van der Waals surface area contributed by atoms with E-state index in [1.165, 1.54) is 0 Å². The number of amides is 2. The highest BCUT2D eigenvalue weighted by Crippen LogP contribution is 2.27. The number of carbonyl (C=O) groups excluding carboxylic acids is 3. The predicted molar refractivity (Wildman–Crippen MR) is 109 cm³/mol. The summed E-state index contributed by atoms with van der Waals surface area (Å²) in [6.07, 6.45) is 0. The molecule has 150 valence electrons. The Labute approximate surface area is 172 Å². The zero-order valence-electron chi connectivity index (χ0n) is 16.0. The van der Waals surface area contributed by atoms with Gasteiger partial charge in [-0.05, 0) is 32.4 Å². The molecule has 1 atom stereocenters. The topological polar surface area (TPSA) is 97.4 Å². The number of aromatic nitrogens is 1. The number of nitrogens with one attached hydrogen (secondary N) is 2. The monoisotopic (exact) mass is 421 g/mol. The van der Waals surface area contributed by atoms with Crippen LogP contribution in [0.4, 0.5) is 0 Å². The zero-order chi connectivity index (χ0) is 20.5. The number of carbonyl (C=O) groups is 3. The molecule has 28 heavy (non-hydrogen) atoms. The Morgan fingerprint density at radius 3 is 2.71 bits per heavy atom. The molecule has 1 aromatic carbocycles. The summed E-state index contributed by atoms with van der Waals surface area (Å²) in [5.41, 5.74) is 2.18. The Morgan fingerprint density at radius 2 is 2.04 bits per heavy atom. The third-order valence-corrected chi connectivity index (χ3v) is 5.83. The van der Waals surface area contributed by atoms with E-state index < -0.39 is 24.5 Å². The number of aryl methyl sites for hydroxylation is 1. The summed E-state index contributed by atoms with van der Waals surface area (Å²) in [5.74, 6) is -0.829. The van der Waals surface area contributed by atoms with Crippen molar-refractivity contribution in [2.24, 2.45) is 0 Å². The molecule has 0 bridgehead atoms. The molecule has 0 spiro atoms. The van der Waals surface area contributed by atoms with Crippen LogP contribution in [0.15, 0.2) is 34.0 Å². The maximum atomic E-state index is 12.4. The highest BCUT2D eigenvalue weighted by Gasteiger charge is 2.18. The van der Waals surface area contributed by atoms with Crippen LogP contribution in [0.1, 0.15) is 35.5 Å². The molecular weight excluding hydrogens is 398 g/mol. The highest BCUT2D eigenvalue weighted by molar-refractivity contribution is 8.00. The van der Waals surface area contributed by atoms with E-state index in [0.29, 0.717) is 17.9 Å².